The van der Waals surface area contributed by atoms with E-state index in [0.29, 0.717) is 5.69 Å². The van der Waals surface area contributed by atoms with E-state index in [9.17, 15) is 4.79 Å². The van der Waals surface area contributed by atoms with Crippen molar-refractivity contribution < 1.29 is 4.79 Å². The highest BCUT2D eigenvalue weighted by atomic mass is 35.5. The van der Waals surface area contributed by atoms with Gasteiger partial charge in [-0.05, 0) is 6.92 Å². The number of alkyl halides is 1. The molecule has 1 N–H and O–H groups in total. The number of amides is 1. The Bertz CT molecular complexity index is 295. The predicted molar refractivity (Wildman–Crippen MR) is 47.3 cm³/mol. The molecule has 5 heteroatoms. The Kier molecular flexibility index (Phi) is 2.70. The summed E-state index contributed by atoms with van der Waals surface area (Å²) in [7, 11) is 1.81. The second-order valence-corrected chi connectivity index (χ2v) is 2.72. The molecule has 1 heterocycles. The van der Waals surface area contributed by atoms with Crippen LogP contribution in [0.2, 0.25) is 0 Å². The largest absolute Gasteiger partial charge is 0.322 e. The van der Waals surface area contributed by atoms with Crippen LogP contribution < -0.4 is 5.32 Å². The van der Waals surface area contributed by atoms with Gasteiger partial charge in [-0.25, -0.2) is 0 Å². The van der Waals surface area contributed by atoms with Crippen LogP contribution in [0.1, 0.15) is 5.69 Å². The Hall–Kier alpha value is -1.03. The smallest absolute Gasteiger partial charge is 0.239 e. The summed E-state index contributed by atoms with van der Waals surface area (Å²) in [6.07, 6.45) is 1.60. The third kappa shape index (κ3) is 1.76. The van der Waals surface area contributed by atoms with E-state index in [0.717, 1.165) is 5.69 Å². The van der Waals surface area contributed by atoms with E-state index in [2.05, 4.69) is 10.4 Å². The number of aryl methyl sites for hydroxylation is 1. The lowest BCUT2D eigenvalue weighted by atomic mass is 10.4. The Balaban J connectivity index is 2.76. The second kappa shape index (κ2) is 3.58. The number of aromatic nitrogens is 2. The summed E-state index contributed by atoms with van der Waals surface area (Å²) in [5.41, 5.74) is 1.62. The minimum Gasteiger partial charge on any atom is -0.322 e. The van der Waals surface area contributed by atoms with E-state index in [1.165, 1.54) is 0 Å². The number of rotatable bonds is 2. The molecule has 0 aliphatic carbocycles. The summed E-state index contributed by atoms with van der Waals surface area (Å²) in [6.45, 7) is 1.87. The Morgan fingerprint density at radius 2 is 2.50 bits per heavy atom. The number of carbonyl (C=O) groups excluding carboxylic acids is 1. The summed E-state index contributed by atoms with van der Waals surface area (Å²) in [6, 6.07) is 0. The van der Waals surface area contributed by atoms with Gasteiger partial charge in [-0.2, -0.15) is 5.10 Å². The number of halogens is 1. The maximum absolute atomic E-state index is 10.9. The fourth-order valence-electron chi connectivity index (χ4n) is 0.805. The molecule has 0 aliphatic heterocycles. The van der Waals surface area contributed by atoms with Gasteiger partial charge in [0.2, 0.25) is 5.91 Å². The molecule has 1 aromatic rings. The average Bonchev–Trinajstić information content (AvgIpc) is 2.36. The van der Waals surface area contributed by atoms with Crippen LogP contribution in [0.3, 0.4) is 0 Å². The van der Waals surface area contributed by atoms with Crippen LogP contribution in [0.4, 0.5) is 5.69 Å². The number of nitrogens with zero attached hydrogens (tertiary/aromatic N) is 2. The first-order valence-corrected chi connectivity index (χ1v) is 4.03. The fourth-order valence-corrected chi connectivity index (χ4v) is 0.872. The molecule has 0 bridgehead atoms. The van der Waals surface area contributed by atoms with Crippen LogP contribution in [0.5, 0.6) is 0 Å². The molecule has 1 rings (SSSR count). The minimum atomic E-state index is -0.215. The van der Waals surface area contributed by atoms with E-state index in [1.807, 2.05) is 14.0 Å². The highest BCUT2D eigenvalue weighted by molar-refractivity contribution is 6.29. The van der Waals surface area contributed by atoms with Gasteiger partial charge in [0.15, 0.2) is 0 Å². The van der Waals surface area contributed by atoms with Crippen LogP contribution in [-0.4, -0.2) is 21.6 Å². The molecular formula is C7H10ClN3O. The van der Waals surface area contributed by atoms with Gasteiger partial charge in [0.1, 0.15) is 5.88 Å². The van der Waals surface area contributed by atoms with Crippen LogP contribution in [-0.2, 0) is 11.8 Å². The van der Waals surface area contributed by atoms with Crippen molar-refractivity contribution in [3.63, 3.8) is 0 Å². The average molecular weight is 188 g/mol. The van der Waals surface area contributed by atoms with Crippen molar-refractivity contribution in [2.45, 2.75) is 6.92 Å². The lowest BCUT2D eigenvalue weighted by Gasteiger charge is -2.00. The summed E-state index contributed by atoms with van der Waals surface area (Å²) in [5.74, 6) is -0.248. The Labute approximate surface area is 75.5 Å². The molecule has 1 aromatic heterocycles. The molecule has 4 nitrogen and oxygen atoms in total. The van der Waals surface area contributed by atoms with Gasteiger partial charge in [0.05, 0.1) is 17.6 Å². The summed E-state index contributed by atoms with van der Waals surface area (Å²) < 4.78 is 1.68. The van der Waals surface area contributed by atoms with Gasteiger partial charge in [-0.15, -0.1) is 11.6 Å². The monoisotopic (exact) mass is 187 g/mol. The van der Waals surface area contributed by atoms with Gasteiger partial charge in [-0.1, -0.05) is 0 Å². The molecule has 0 unspecified atom stereocenters. The molecule has 0 saturated heterocycles. The van der Waals surface area contributed by atoms with Crippen molar-refractivity contribution in [3.05, 3.63) is 11.9 Å². The van der Waals surface area contributed by atoms with Crippen molar-refractivity contribution >= 4 is 23.2 Å². The lowest BCUT2D eigenvalue weighted by Crippen LogP contribution is -2.12. The fraction of sp³-hybridized carbons (Fsp3) is 0.429. The zero-order chi connectivity index (χ0) is 9.14. The van der Waals surface area contributed by atoms with Crippen molar-refractivity contribution in [2.24, 2.45) is 7.05 Å². The maximum Gasteiger partial charge on any atom is 0.239 e. The number of carbonyl (C=O) groups is 1. The SMILES string of the molecule is Cc1c(NC(=O)CCl)cnn1C. The minimum absolute atomic E-state index is 0.0334. The van der Waals surface area contributed by atoms with Crippen LogP contribution in [0, 0.1) is 6.92 Å². The molecule has 1 amide bonds. The number of nitrogens with one attached hydrogen (secondary N) is 1. The summed E-state index contributed by atoms with van der Waals surface area (Å²) in [4.78, 5) is 10.9. The number of anilines is 1. The first-order valence-electron chi connectivity index (χ1n) is 3.49. The van der Waals surface area contributed by atoms with Crippen LogP contribution in [0.25, 0.3) is 0 Å². The summed E-state index contributed by atoms with van der Waals surface area (Å²) in [5, 5.41) is 6.59. The normalized spacial score (nSPS) is 9.92. The zero-order valence-corrected chi connectivity index (χ0v) is 7.72. The van der Waals surface area contributed by atoms with Gasteiger partial charge < -0.3 is 5.32 Å². The third-order valence-corrected chi connectivity index (χ3v) is 1.87. The molecular weight excluding hydrogens is 178 g/mol. The van der Waals surface area contributed by atoms with E-state index in [4.69, 9.17) is 11.6 Å². The third-order valence-electron chi connectivity index (χ3n) is 1.63. The molecule has 0 radical (unpaired) electrons. The van der Waals surface area contributed by atoms with E-state index in [-0.39, 0.29) is 11.8 Å². The molecule has 0 saturated carbocycles. The zero-order valence-electron chi connectivity index (χ0n) is 6.97. The Morgan fingerprint density at radius 3 is 2.92 bits per heavy atom. The highest BCUT2D eigenvalue weighted by Gasteiger charge is 2.05. The van der Waals surface area contributed by atoms with Crippen LogP contribution in [0.15, 0.2) is 6.20 Å². The molecule has 0 aromatic carbocycles. The van der Waals surface area contributed by atoms with Crippen LogP contribution >= 0.6 is 11.6 Å². The molecule has 66 valence electrons. The van der Waals surface area contributed by atoms with Gasteiger partial charge in [0.25, 0.3) is 0 Å². The van der Waals surface area contributed by atoms with Gasteiger partial charge in [0, 0.05) is 7.05 Å². The van der Waals surface area contributed by atoms with Gasteiger partial charge >= 0.3 is 0 Å². The molecule has 0 atom stereocenters. The van der Waals surface area contributed by atoms with Crippen molar-refractivity contribution in [2.75, 3.05) is 11.2 Å². The van der Waals surface area contributed by atoms with Crippen molar-refractivity contribution in [1.29, 1.82) is 0 Å². The number of hydrogen-bond donors (Lipinski definition) is 1. The van der Waals surface area contributed by atoms with Crippen molar-refractivity contribution in [1.82, 2.24) is 9.78 Å². The quantitative estimate of drug-likeness (QED) is 0.700. The lowest BCUT2D eigenvalue weighted by molar-refractivity contribution is -0.113. The van der Waals surface area contributed by atoms with E-state index >= 15 is 0 Å². The summed E-state index contributed by atoms with van der Waals surface area (Å²) >= 11 is 5.32. The molecule has 0 fully saturated rings. The van der Waals surface area contributed by atoms with E-state index < -0.39 is 0 Å². The Morgan fingerprint density at radius 1 is 1.83 bits per heavy atom. The molecule has 0 aliphatic rings. The maximum atomic E-state index is 10.9. The first-order chi connectivity index (χ1) is 5.65. The topological polar surface area (TPSA) is 46.9 Å². The standard InChI is InChI=1S/C7H10ClN3O/c1-5-6(4-9-11(5)2)10-7(12)3-8/h4H,3H2,1-2H3,(H,10,12). The number of hydrogen-bond acceptors (Lipinski definition) is 2. The molecule has 12 heavy (non-hydrogen) atoms. The predicted octanol–water partition coefficient (Wildman–Crippen LogP) is 0.906. The molecule has 0 spiro atoms. The first kappa shape index (κ1) is 9.06. The second-order valence-electron chi connectivity index (χ2n) is 2.45. The highest BCUT2D eigenvalue weighted by Crippen LogP contribution is 2.11. The van der Waals surface area contributed by atoms with E-state index in [1.54, 1.807) is 10.9 Å². The van der Waals surface area contributed by atoms with Crippen molar-refractivity contribution in [3.8, 4) is 0 Å². The van der Waals surface area contributed by atoms with Gasteiger partial charge in [-0.3, -0.25) is 9.48 Å².